The lowest BCUT2D eigenvalue weighted by Crippen LogP contribution is -2.19. The van der Waals surface area contributed by atoms with Gasteiger partial charge in [0.1, 0.15) is 12.4 Å². The van der Waals surface area contributed by atoms with Gasteiger partial charge in [0.05, 0.1) is 0 Å². The third-order valence-corrected chi connectivity index (χ3v) is 4.60. The fourth-order valence-corrected chi connectivity index (χ4v) is 3.36. The molecule has 0 amide bonds. The molecule has 0 unspecified atom stereocenters. The van der Waals surface area contributed by atoms with Crippen LogP contribution in [0.15, 0.2) is 22.7 Å². The molecule has 1 aliphatic carbocycles. The molecule has 0 heterocycles. The predicted octanol–water partition coefficient (Wildman–Crippen LogP) is 4.52. The van der Waals surface area contributed by atoms with E-state index in [4.69, 9.17) is 11.2 Å². The molecule has 0 radical (unpaired) electrons. The van der Waals surface area contributed by atoms with Gasteiger partial charge in [-0.05, 0) is 37.1 Å². The predicted molar refractivity (Wildman–Crippen MR) is 91.4 cm³/mol. The van der Waals surface area contributed by atoms with E-state index in [0.717, 1.165) is 34.8 Å². The van der Waals surface area contributed by atoms with Crippen LogP contribution in [-0.2, 0) is 6.54 Å². The first-order valence-electron chi connectivity index (χ1n) is 7.85. The molecule has 2 nitrogen and oxygen atoms in total. The molecule has 0 aromatic heterocycles. The Labute approximate surface area is 136 Å². The Morgan fingerprint density at radius 2 is 2.10 bits per heavy atom. The highest BCUT2D eigenvalue weighted by molar-refractivity contribution is 9.10. The molecule has 1 aliphatic rings. The van der Waals surface area contributed by atoms with Crippen LogP contribution in [0.4, 0.5) is 0 Å². The molecule has 1 aromatic rings. The molecule has 1 saturated carbocycles. The lowest BCUT2D eigenvalue weighted by molar-refractivity contribution is 0.332. The third kappa shape index (κ3) is 5.73. The summed E-state index contributed by atoms with van der Waals surface area (Å²) in [5.41, 5.74) is 1.16. The molecule has 0 aliphatic heterocycles. The van der Waals surface area contributed by atoms with Gasteiger partial charge in [0, 0.05) is 16.6 Å². The van der Waals surface area contributed by atoms with Crippen LogP contribution in [-0.4, -0.2) is 13.2 Å². The van der Waals surface area contributed by atoms with Crippen LogP contribution < -0.4 is 10.1 Å². The Hall–Kier alpha value is -0.980. The van der Waals surface area contributed by atoms with Crippen molar-refractivity contribution in [3.8, 4) is 18.1 Å². The monoisotopic (exact) mass is 349 g/mol. The van der Waals surface area contributed by atoms with Crippen molar-refractivity contribution < 1.29 is 4.74 Å². The largest absolute Gasteiger partial charge is 0.481 e. The maximum Gasteiger partial charge on any atom is 0.148 e. The molecule has 1 fully saturated rings. The molecule has 0 spiro atoms. The summed E-state index contributed by atoms with van der Waals surface area (Å²) in [5, 5.41) is 3.54. The van der Waals surface area contributed by atoms with Gasteiger partial charge in [-0.15, -0.1) is 6.42 Å². The summed E-state index contributed by atoms with van der Waals surface area (Å²) in [4.78, 5) is 0. The minimum Gasteiger partial charge on any atom is -0.481 e. The number of nitrogens with one attached hydrogen (secondary N) is 1. The van der Waals surface area contributed by atoms with Crippen molar-refractivity contribution in [3.63, 3.8) is 0 Å². The van der Waals surface area contributed by atoms with Crippen molar-refractivity contribution in [2.24, 2.45) is 5.92 Å². The highest BCUT2D eigenvalue weighted by Crippen LogP contribution is 2.26. The number of hydrogen-bond acceptors (Lipinski definition) is 2. The van der Waals surface area contributed by atoms with E-state index in [2.05, 4.69) is 33.2 Å². The van der Waals surface area contributed by atoms with Gasteiger partial charge in [-0.1, -0.05) is 54.0 Å². The first kappa shape index (κ1) is 16.4. The molecular formula is C18H24BrNO. The lowest BCUT2D eigenvalue weighted by atomic mass is 9.87. The van der Waals surface area contributed by atoms with Gasteiger partial charge >= 0.3 is 0 Å². The minimum absolute atomic E-state index is 0.316. The summed E-state index contributed by atoms with van der Waals surface area (Å²) < 4.78 is 6.66. The molecule has 0 bridgehead atoms. The maximum absolute atomic E-state index is 5.59. The summed E-state index contributed by atoms with van der Waals surface area (Å²) in [7, 11) is 0. The van der Waals surface area contributed by atoms with Gasteiger partial charge in [0.2, 0.25) is 0 Å². The Morgan fingerprint density at radius 1 is 1.29 bits per heavy atom. The average Bonchev–Trinajstić information content (AvgIpc) is 2.52. The maximum atomic E-state index is 5.59. The molecule has 1 aromatic carbocycles. The van der Waals surface area contributed by atoms with Crippen molar-refractivity contribution in [1.29, 1.82) is 0 Å². The van der Waals surface area contributed by atoms with Gasteiger partial charge in [0.15, 0.2) is 0 Å². The number of terminal acetylenes is 1. The molecule has 3 heteroatoms. The number of ether oxygens (including phenoxy) is 1. The number of hydrogen-bond donors (Lipinski definition) is 1. The highest BCUT2D eigenvalue weighted by Gasteiger charge is 2.12. The lowest BCUT2D eigenvalue weighted by Gasteiger charge is -2.21. The van der Waals surface area contributed by atoms with Crippen molar-refractivity contribution in [1.82, 2.24) is 5.32 Å². The quantitative estimate of drug-likeness (QED) is 0.577. The summed E-state index contributed by atoms with van der Waals surface area (Å²) in [6.45, 7) is 2.22. The van der Waals surface area contributed by atoms with Crippen molar-refractivity contribution in [2.45, 2.75) is 45.1 Å². The van der Waals surface area contributed by atoms with Crippen molar-refractivity contribution >= 4 is 15.9 Å². The fraction of sp³-hybridized carbons (Fsp3) is 0.556. The Balaban J connectivity index is 1.78. The minimum atomic E-state index is 0.316. The Kier molecular flexibility index (Phi) is 7.12. The summed E-state index contributed by atoms with van der Waals surface area (Å²) in [5.74, 6) is 4.31. The standard InChI is InChI=1S/C18H24BrNO/c1-2-12-21-18-9-8-17(19)13-16(18)14-20-11-10-15-6-4-3-5-7-15/h1,8-9,13,15,20H,3-7,10-12,14H2. The number of benzene rings is 1. The second-order valence-corrected chi connectivity index (χ2v) is 6.63. The average molecular weight is 350 g/mol. The van der Waals surface area contributed by atoms with Crippen molar-refractivity contribution in [3.05, 3.63) is 28.2 Å². The van der Waals surface area contributed by atoms with Crippen LogP contribution in [0.25, 0.3) is 0 Å². The van der Waals surface area contributed by atoms with E-state index in [1.807, 2.05) is 12.1 Å². The van der Waals surface area contributed by atoms with Crippen LogP contribution in [0, 0.1) is 18.3 Å². The molecule has 0 saturated heterocycles. The summed E-state index contributed by atoms with van der Waals surface area (Å²) >= 11 is 3.51. The zero-order valence-corrected chi connectivity index (χ0v) is 14.1. The van der Waals surface area contributed by atoms with E-state index < -0.39 is 0 Å². The van der Waals surface area contributed by atoms with Crippen LogP contribution >= 0.6 is 15.9 Å². The van der Waals surface area contributed by atoms with Crippen LogP contribution in [0.2, 0.25) is 0 Å². The second kappa shape index (κ2) is 9.12. The zero-order valence-electron chi connectivity index (χ0n) is 12.5. The van der Waals surface area contributed by atoms with Crippen LogP contribution in [0.5, 0.6) is 5.75 Å². The molecule has 1 N–H and O–H groups in total. The molecule has 21 heavy (non-hydrogen) atoms. The van der Waals surface area contributed by atoms with Gasteiger partial charge < -0.3 is 10.1 Å². The Morgan fingerprint density at radius 3 is 2.86 bits per heavy atom. The zero-order chi connectivity index (χ0) is 14.9. The second-order valence-electron chi connectivity index (χ2n) is 5.71. The number of rotatable bonds is 7. The van der Waals surface area contributed by atoms with Gasteiger partial charge in [-0.25, -0.2) is 0 Å². The van der Waals surface area contributed by atoms with E-state index in [1.165, 1.54) is 38.5 Å². The van der Waals surface area contributed by atoms with Crippen LogP contribution in [0.3, 0.4) is 0 Å². The SMILES string of the molecule is C#CCOc1ccc(Br)cc1CNCCC1CCCCC1. The summed E-state index contributed by atoms with van der Waals surface area (Å²) in [6, 6.07) is 6.05. The normalized spacial score (nSPS) is 15.6. The fourth-order valence-electron chi connectivity index (χ4n) is 2.95. The smallest absolute Gasteiger partial charge is 0.148 e. The third-order valence-electron chi connectivity index (χ3n) is 4.10. The van der Waals surface area contributed by atoms with Gasteiger partial charge in [-0.2, -0.15) is 0 Å². The van der Waals surface area contributed by atoms with E-state index in [1.54, 1.807) is 0 Å². The first-order chi connectivity index (χ1) is 10.3. The first-order valence-corrected chi connectivity index (χ1v) is 8.64. The topological polar surface area (TPSA) is 21.3 Å². The van der Waals surface area contributed by atoms with E-state index >= 15 is 0 Å². The summed E-state index contributed by atoms with van der Waals surface area (Å²) in [6.07, 6.45) is 13.6. The number of halogens is 1. The van der Waals surface area contributed by atoms with E-state index in [-0.39, 0.29) is 0 Å². The molecule has 2 rings (SSSR count). The molecule has 114 valence electrons. The van der Waals surface area contributed by atoms with E-state index in [9.17, 15) is 0 Å². The molecular weight excluding hydrogens is 326 g/mol. The van der Waals surface area contributed by atoms with Crippen molar-refractivity contribution in [2.75, 3.05) is 13.2 Å². The Bertz CT molecular complexity index is 475. The van der Waals surface area contributed by atoms with Crippen LogP contribution in [0.1, 0.15) is 44.1 Å². The highest BCUT2D eigenvalue weighted by atomic mass is 79.9. The molecule has 0 atom stereocenters. The van der Waals surface area contributed by atoms with Gasteiger partial charge in [-0.3, -0.25) is 0 Å². The van der Waals surface area contributed by atoms with E-state index in [0.29, 0.717) is 6.61 Å². The van der Waals surface area contributed by atoms with Gasteiger partial charge in [0.25, 0.3) is 0 Å².